The van der Waals surface area contributed by atoms with Gasteiger partial charge in [0.1, 0.15) is 5.54 Å². The molecule has 0 spiro atoms. The molecule has 0 saturated carbocycles. The summed E-state index contributed by atoms with van der Waals surface area (Å²) in [6.45, 7) is 6.57. The van der Waals surface area contributed by atoms with Gasteiger partial charge in [0.2, 0.25) is 11.8 Å². The molecule has 27 heavy (non-hydrogen) atoms. The van der Waals surface area contributed by atoms with Gasteiger partial charge in [0.25, 0.3) is 0 Å². The van der Waals surface area contributed by atoms with Crippen LogP contribution < -0.4 is 5.73 Å². The molecule has 8 heteroatoms. The molecule has 2 amide bonds. The minimum atomic E-state index is -1.04. The van der Waals surface area contributed by atoms with Crippen molar-refractivity contribution in [2.75, 3.05) is 45.8 Å². The van der Waals surface area contributed by atoms with Crippen molar-refractivity contribution < 1.29 is 9.59 Å². The Bertz CT molecular complexity index is 613. The molecule has 2 fully saturated rings. The number of nitrogens with two attached hydrogens (primary N) is 1. The van der Waals surface area contributed by atoms with Gasteiger partial charge in [-0.1, -0.05) is 30.3 Å². The molecule has 152 valence electrons. The lowest BCUT2D eigenvalue weighted by Crippen LogP contribution is -2.58. The fourth-order valence-corrected chi connectivity index (χ4v) is 3.63. The van der Waals surface area contributed by atoms with Crippen molar-refractivity contribution in [2.24, 2.45) is 5.73 Å². The molecule has 3 rings (SSSR count). The van der Waals surface area contributed by atoms with Crippen LogP contribution in [0.4, 0.5) is 0 Å². The van der Waals surface area contributed by atoms with Gasteiger partial charge in [-0.15, -0.1) is 24.8 Å². The summed E-state index contributed by atoms with van der Waals surface area (Å²) < 4.78 is 0. The zero-order valence-electron chi connectivity index (χ0n) is 15.8. The van der Waals surface area contributed by atoms with Gasteiger partial charge in [-0.25, -0.2) is 0 Å². The number of carbonyl (C=O) groups excluding carboxylic acids is 2. The van der Waals surface area contributed by atoms with Gasteiger partial charge >= 0.3 is 0 Å². The molecule has 6 nitrogen and oxygen atoms in total. The summed E-state index contributed by atoms with van der Waals surface area (Å²) >= 11 is 0. The van der Waals surface area contributed by atoms with E-state index < -0.39 is 5.54 Å². The van der Waals surface area contributed by atoms with Crippen LogP contribution in [0.5, 0.6) is 0 Å². The number of halogens is 2. The van der Waals surface area contributed by atoms with E-state index in [0.29, 0.717) is 32.7 Å². The smallest absolute Gasteiger partial charge is 0.247 e. The van der Waals surface area contributed by atoms with Crippen molar-refractivity contribution in [3.8, 4) is 0 Å². The van der Waals surface area contributed by atoms with Crippen LogP contribution in [0.15, 0.2) is 30.3 Å². The second kappa shape index (κ2) is 10.3. The maximum Gasteiger partial charge on any atom is 0.247 e. The fourth-order valence-electron chi connectivity index (χ4n) is 3.63. The van der Waals surface area contributed by atoms with E-state index in [1.807, 2.05) is 35.2 Å². The van der Waals surface area contributed by atoms with E-state index >= 15 is 0 Å². The van der Waals surface area contributed by atoms with Gasteiger partial charge in [0.15, 0.2) is 0 Å². The lowest BCUT2D eigenvalue weighted by Gasteiger charge is -2.39. The maximum absolute atomic E-state index is 12.9. The molecule has 2 N–H and O–H groups in total. The molecular formula is C19H30Cl2N4O2. The van der Waals surface area contributed by atoms with Crippen molar-refractivity contribution >= 4 is 36.6 Å². The van der Waals surface area contributed by atoms with Gasteiger partial charge in [0.05, 0.1) is 6.54 Å². The average Bonchev–Trinajstić information content (AvgIpc) is 3.15. The Morgan fingerprint density at radius 2 is 1.44 bits per heavy atom. The van der Waals surface area contributed by atoms with Crippen LogP contribution in [0.25, 0.3) is 0 Å². The Labute approximate surface area is 173 Å². The molecule has 2 aliphatic heterocycles. The normalized spacial score (nSPS) is 19.6. The van der Waals surface area contributed by atoms with E-state index in [0.717, 1.165) is 18.7 Å². The minimum absolute atomic E-state index is 0. The molecule has 1 aromatic rings. The first kappa shape index (κ1) is 23.7. The SMILES string of the molecule is CC(N)(C(=O)N1CCN(C(=O)CN2CCCC2)CC1)c1ccccc1.Cl.Cl. The number of piperazine rings is 1. The van der Waals surface area contributed by atoms with Gasteiger partial charge in [0, 0.05) is 26.2 Å². The van der Waals surface area contributed by atoms with Gasteiger partial charge < -0.3 is 15.5 Å². The molecule has 0 bridgehead atoms. The highest BCUT2D eigenvalue weighted by Gasteiger charge is 2.36. The first-order chi connectivity index (χ1) is 12.0. The predicted octanol–water partition coefficient (Wildman–Crippen LogP) is 1.47. The van der Waals surface area contributed by atoms with Crippen molar-refractivity contribution in [1.29, 1.82) is 0 Å². The lowest BCUT2D eigenvalue weighted by molar-refractivity contribution is -0.143. The van der Waals surface area contributed by atoms with Gasteiger partial charge in [-0.3, -0.25) is 14.5 Å². The number of hydrogen-bond acceptors (Lipinski definition) is 4. The first-order valence-electron chi connectivity index (χ1n) is 9.12. The summed E-state index contributed by atoms with van der Waals surface area (Å²) in [4.78, 5) is 31.1. The first-order valence-corrected chi connectivity index (χ1v) is 9.12. The largest absolute Gasteiger partial charge is 0.338 e. The van der Waals surface area contributed by atoms with Crippen LogP contribution in [0.2, 0.25) is 0 Å². The zero-order valence-corrected chi connectivity index (χ0v) is 17.4. The Kier molecular flexibility index (Phi) is 9.02. The third kappa shape index (κ3) is 5.57. The van der Waals surface area contributed by atoms with Crippen molar-refractivity contribution in [1.82, 2.24) is 14.7 Å². The minimum Gasteiger partial charge on any atom is -0.338 e. The molecule has 0 radical (unpaired) electrons. The highest BCUT2D eigenvalue weighted by Crippen LogP contribution is 2.21. The Hall–Kier alpha value is -1.34. The number of hydrogen-bond donors (Lipinski definition) is 1. The molecule has 1 atom stereocenters. The summed E-state index contributed by atoms with van der Waals surface area (Å²) in [6.07, 6.45) is 2.37. The molecule has 2 aliphatic rings. The van der Waals surface area contributed by atoms with E-state index in [4.69, 9.17) is 5.73 Å². The topological polar surface area (TPSA) is 69.9 Å². The Morgan fingerprint density at radius 1 is 0.926 bits per heavy atom. The lowest BCUT2D eigenvalue weighted by atomic mass is 9.91. The number of likely N-dealkylation sites (tertiary alicyclic amines) is 1. The number of carbonyl (C=O) groups is 2. The fraction of sp³-hybridized carbons (Fsp3) is 0.579. The molecule has 2 saturated heterocycles. The number of amides is 2. The number of rotatable bonds is 4. The summed E-state index contributed by atoms with van der Waals surface area (Å²) in [6, 6.07) is 9.46. The van der Waals surface area contributed by atoms with Crippen LogP contribution in [-0.2, 0) is 15.1 Å². The number of benzene rings is 1. The van der Waals surface area contributed by atoms with Gasteiger partial charge in [-0.05, 0) is 38.4 Å². The highest BCUT2D eigenvalue weighted by atomic mass is 35.5. The van der Waals surface area contributed by atoms with Crippen LogP contribution >= 0.6 is 24.8 Å². The van der Waals surface area contributed by atoms with Gasteiger partial charge in [-0.2, -0.15) is 0 Å². The second-order valence-corrected chi connectivity index (χ2v) is 7.22. The van der Waals surface area contributed by atoms with Crippen molar-refractivity contribution in [3.63, 3.8) is 0 Å². The molecule has 2 heterocycles. The molecule has 0 aliphatic carbocycles. The van der Waals surface area contributed by atoms with Crippen molar-refractivity contribution in [3.05, 3.63) is 35.9 Å². The third-order valence-corrected chi connectivity index (χ3v) is 5.29. The molecule has 1 unspecified atom stereocenters. The van der Waals surface area contributed by atoms with E-state index in [2.05, 4.69) is 4.90 Å². The second-order valence-electron chi connectivity index (χ2n) is 7.22. The third-order valence-electron chi connectivity index (χ3n) is 5.29. The quantitative estimate of drug-likeness (QED) is 0.806. The van der Waals surface area contributed by atoms with E-state index in [1.54, 1.807) is 11.8 Å². The maximum atomic E-state index is 12.9. The Balaban J connectivity index is 0.00000182. The predicted molar refractivity (Wildman–Crippen MR) is 111 cm³/mol. The van der Waals surface area contributed by atoms with E-state index in [-0.39, 0.29) is 36.6 Å². The monoisotopic (exact) mass is 416 g/mol. The van der Waals surface area contributed by atoms with Crippen LogP contribution in [0, 0.1) is 0 Å². The van der Waals surface area contributed by atoms with Crippen LogP contribution in [-0.4, -0.2) is 72.3 Å². The van der Waals surface area contributed by atoms with Crippen LogP contribution in [0.1, 0.15) is 25.3 Å². The van der Waals surface area contributed by atoms with E-state index in [1.165, 1.54) is 12.8 Å². The van der Waals surface area contributed by atoms with E-state index in [9.17, 15) is 9.59 Å². The number of nitrogens with zero attached hydrogens (tertiary/aromatic N) is 3. The van der Waals surface area contributed by atoms with Crippen molar-refractivity contribution in [2.45, 2.75) is 25.3 Å². The molecule has 1 aromatic carbocycles. The standard InChI is InChI=1S/C19H28N4O2.2ClH/c1-19(20,16-7-3-2-4-8-16)18(25)23-13-11-22(12-14-23)17(24)15-21-9-5-6-10-21;;/h2-4,7-8H,5-6,9-15,20H2,1H3;2*1H. The molecule has 0 aromatic heterocycles. The zero-order chi connectivity index (χ0) is 17.9. The summed E-state index contributed by atoms with van der Waals surface area (Å²) in [5, 5.41) is 0. The summed E-state index contributed by atoms with van der Waals surface area (Å²) in [7, 11) is 0. The Morgan fingerprint density at radius 3 is 2.00 bits per heavy atom. The highest BCUT2D eigenvalue weighted by molar-refractivity contribution is 5.87. The molecular weight excluding hydrogens is 387 g/mol. The summed E-state index contributed by atoms with van der Waals surface area (Å²) in [5.74, 6) is 0.0953. The van der Waals surface area contributed by atoms with Crippen LogP contribution in [0.3, 0.4) is 0 Å². The summed E-state index contributed by atoms with van der Waals surface area (Å²) in [5.41, 5.74) is 6.11. The average molecular weight is 417 g/mol.